The van der Waals surface area contributed by atoms with Crippen LogP contribution in [0.3, 0.4) is 0 Å². The minimum Gasteiger partial charge on any atom is -0.377 e. The number of carbonyl (C=O) groups is 1. The second-order valence-electron chi connectivity index (χ2n) is 7.44. The summed E-state index contributed by atoms with van der Waals surface area (Å²) in [5, 5.41) is 0. The predicted molar refractivity (Wildman–Crippen MR) is 94.6 cm³/mol. The number of amides is 1. The first kappa shape index (κ1) is 17.1. The SMILES string of the molecule is O=C(c1ccc[nH]1)N1CC[C@@H]2O[C@@H](COCCN3CCCC3)CC[C@@H]21. The fraction of sp³-hybridized carbons (Fsp3) is 0.737. The maximum atomic E-state index is 12.6. The van der Waals surface area contributed by atoms with Gasteiger partial charge in [-0.15, -0.1) is 0 Å². The van der Waals surface area contributed by atoms with Crippen molar-refractivity contribution < 1.29 is 14.3 Å². The molecule has 3 atom stereocenters. The van der Waals surface area contributed by atoms with Crippen LogP contribution in [0.1, 0.15) is 42.6 Å². The highest BCUT2D eigenvalue weighted by atomic mass is 16.5. The first-order valence-corrected chi connectivity index (χ1v) is 9.71. The molecule has 138 valence electrons. The second kappa shape index (κ2) is 7.89. The molecule has 1 aromatic rings. The average Bonchev–Trinajstić information content (AvgIpc) is 3.39. The fourth-order valence-electron chi connectivity index (χ4n) is 4.41. The average molecular weight is 347 g/mol. The largest absolute Gasteiger partial charge is 0.377 e. The number of nitrogens with one attached hydrogen (secondary N) is 1. The molecule has 1 amide bonds. The molecule has 4 heterocycles. The Morgan fingerprint density at radius 2 is 2.12 bits per heavy atom. The van der Waals surface area contributed by atoms with E-state index in [4.69, 9.17) is 9.47 Å². The second-order valence-corrected chi connectivity index (χ2v) is 7.44. The number of aromatic nitrogens is 1. The van der Waals surface area contributed by atoms with Gasteiger partial charge in [0.1, 0.15) is 5.69 Å². The number of rotatable bonds is 6. The van der Waals surface area contributed by atoms with E-state index >= 15 is 0 Å². The summed E-state index contributed by atoms with van der Waals surface area (Å²) in [7, 11) is 0. The summed E-state index contributed by atoms with van der Waals surface area (Å²) in [5.74, 6) is 0.0985. The number of hydrogen-bond donors (Lipinski definition) is 1. The van der Waals surface area contributed by atoms with Crippen LogP contribution in [0.15, 0.2) is 18.3 Å². The predicted octanol–water partition coefficient (Wildman–Crippen LogP) is 1.89. The van der Waals surface area contributed by atoms with Gasteiger partial charge in [0.05, 0.1) is 31.5 Å². The van der Waals surface area contributed by atoms with Crippen molar-refractivity contribution >= 4 is 5.91 Å². The van der Waals surface area contributed by atoms with Gasteiger partial charge in [0, 0.05) is 19.3 Å². The summed E-state index contributed by atoms with van der Waals surface area (Å²) in [6.07, 6.45) is 7.71. The lowest BCUT2D eigenvalue weighted by molar-refractivity contribution is -0.0972. The molecule has 3 fully saturated rings. The van der Waals surface area contributed by atoms with Crippen LogP contribution >= 0.6 is 0 Å². The molecule has 0 aromatic carbocycles. The van der Waals surface area contributed by atoms with E-state index in [9.17, 15) is 4.79 Å². The topological polar surface area (TPSA) is 57.8 Å². The normalized spacial score (nSPS) is 29.9. The van der Waals surface area contributed by atoms with Crippen LogP contribution in [-0.4, -0.2) is 78.3 Å². The van der Waals surface area contributed by atoms with Crippen LogP contribution in [0.2, 0.25) is 0 Å². The molecule has 0 unspecified atom stereocenters. The number of ether oxygens (including phenoxy) is 2. The van der Waals surface area contributed by atoms with Gasteiger partial charge in [-0.3, -0.25) is 4.79 Å². The summed E-state index contributed by atoms with van der Waals surface area (Å²) < 4.78 is 12.1. The first-order valence-electron chi connectivity index (χ1n) is 9.71. The third-order valence-corrected chi connectivity index (χ3v) is 5.78. The van der Waals surface area contributed by atoms with Crippen molar-refractivity contribution in [2.45, 2.75) is 50.4 Å². The van der Waals surface area contributed by atoms with Crippen LogP contribution in [0.4, 0.5) is 0 Å². The van der Waals surface area contributed by atoms with Gasteiger partial charge in [-0.25, -0.2) is 0 Å². The van der Waals surface area contributed by atoms with Gasteiger partial charge in [0.2, 0.25) is 0 Å². The molecular formula is C19H29N3O3. The molecule has 0 bridgehead atoms. The molecule has 4 rings (SSSR count). The first-order chi connectivity index (χ1) is 12.3. The molecule has 1 aromatic heterocycles. The van der Waals surface area contributed by atoms with E-state index in [1.54, 1.807) is 6.20 Å². The van der Waals surface area contributed by atoms with E-state index in [-0.39, 0.29) is 24.2 Å². The highest BCUT2D eigenvalue weighted by molar-refractivity contribution is 5.92. The Labute approximate surface area is 149 Å². The van der Waals surface area contributed by atoms with Crippen LogP contribution in [0.25, 0.3) is 0 Å². The number of hydrogen-bond acceptors (Lipinski definition) is 4. The third kappa shape index (κ3) is 3.91. The van der Waals surface area contributed by atoms with Crippen LogP contribution in [0, 0.1) is 0 Å². The van der Waals surface area contributed by atoms with Gasteiger partial charge < -0.3 is 24.3 Å². The molecule has 0 spiro atoms. The van der Waals surface area contributed by atoms with Crippen molar-refractivity contribution in [1.29, 1.82) is 0 Å². The summed E-state index contributed by atoms with van der Waals surface area (Å²) in [4.78, 5) is 20.1. The smallest absolute Gasteiger partial charge is 0.270 e. The zero-order chi connectivity index (χ0) is 17.1. The minimum atomic E-state index is 0.0985. The molecule has 3 aliphatic heterocycles. The van der Waals surface area contributed by atoms with Crippen molar-refractivity contribution in [3.63, 3.8) is 0 Å². The van der Waals surface area contributed by atoms with Crippen molar-refractivity contribution in [1.82, 2.24) is 14.8 Å². The Kier molecular flexibility index (Phi) is 5.39. The zero-order valence-corrected chi connectivity index (χ0v) is 14.9. The van der Waals surface area contributed by atoms with Crippen molar-refractivity contribution in [3.8, 4) is 0 Å². The van der Waals surface area contributed by atoms with Crippen LogP contribution in [0.5, 0.6) is 0 Å². The highest BCUT2D eigenvalue weighted by Gasteiger charge is 2.42. The quantitative estimate of drug-likeness (QED) is 0.799. The van der Waals surface area contributed by atoms with E-state index in [1.165, 1.54) is 25.9 Å². The van der Waals surface area contributed by atoms with Crippen molar-refractivity contribution in [3.05, 3.63) is 24.0 Å². The number of H-pyrrole nitrogens is 1. The number of fused-ring (bicyclic) bond motifs is 1. The lowest BCUT2D eigenvalue weighted by atomic mass is 9.99. The molecule has 0 saturated carbocycles. The Hall–Kier alpha value is -1.37. The van der Waals surface area contributed by atoms with Gasteiger partial charge in [-0.1, -0.05) is 0 Å². The van der Waals surface area contributed by atoms with E-state index < -0.39 is 0 Å². The Bertz CT molecular complexity index is 556. The van der Waals surface area contributed by atoms with Gasteiger partial charge >= 0.3 is 0 Å². The summed E-state index contributed by atoms with van der Waals surface area (Å²) in [6, 6.07) is 3.93. The van der Waals surface area contributed by atoms with Gasteiger partial charge in [-0.2, -0.15) is 0 Å². The molecule has 25 heavy (non-hydrogen) atoms. The van der Waals surface area contributed by atoms with Gasteiger partial charge in [-0.05, 0) is 57.3 Å². The summed E-state index contributed by atoms with van der Waals surface area (Å²) in [6.45, 7) is 5.75. The lowest BCUT2D eigenvalue weighted by Gasteiger charge is -2.35. The zero-order valence-electron chi connectivity index (χ0n) is 14.9. The number of nitrogens with zero attached hydrogens (tertiary/aromatic N) is 2. The van der Waals surface area contributed by atoms with Crippen LogP contribution < -0.4 is 0 Å². The molecule has 3 aliphatic rings. The maximum absolute atomic E-state index is 12.6. The number of carbonyl (C=O) groups excluding carboxylic acids is 1. The monoisotopic (exact) mass is 347 g/mol. The number of likely N-dealkylation sites (tertiary alicyclic amines) is 2. The summed E-state index contributed by atoms with van der Waals surface area (Å²) >= 11 is 0. The Morgan fingerprint density at radius 3 is 2.92 bits per heavy atom. The Morgan fingerprint density at radius 1 is 1.24 bits per heavy atom. The minimum absolute atomic E-state index is 0.0985. The molecule has 0 radical (unpaired) electrons. The molecule has 0 aliphatic carbocycles. The lowest BCUT2D eigenvalue weighted by Crippen LogP contribution is -2.46. The molecule has 6 nitrogen and oxygen atoms in total. The standard InChI is InChI=1S/C19H29N3O3/c23-19(16-4-3-8-20-16)22-11-7-18-17(22)6-5-15(25-18)14-24-13-12-21-9-1-2-10-21/h3-4,8,15,17-18,20H,1-2,5-7,9-14H2/t15-,17+,18+/m1/s1. The van der Waals surface area contributed by atoms with Gasteiger partial charge in [0.15, 0.2) is 0 Å². The summed E-state index contributed by atoms with van der Waals surface area (Å²) in [5.41, 5.74) is 0.674. The van der Waals surface area contributed by atoms with Gasteiger partial charge in [0.25, 0.3) is 5.91 Å². The van der Waals surface area contributed by atoms with E-state index in [0.717, 1.165) is 39.0 Å². The molecule has 6 heteroatoms. The molecule has 3 saturated heterocycles. The fourth-order valence-corrected chi connectivity index (χ4v) is 4.41. The molecule has 1 N–H and O–H groups in total. The molecular weight excluding hydrogens is 318 g/mol. The van der Waals surface area contributed by atoms with E-state index in [0.29, 0.717) is 12.3 Å². The third-order valence-electron chi connectivity index (χ3n) is 5.78. The number of aromatic amines is 1. The van der Waals surface area contributed by atoms with Crippen LogP contribution in [-0.2, 0) is 9.47 Å². The highest BCUT2D eigenvalue weighted by Crippen LogP contribution is 2.32. The van der Waals surface area contributed by atoms with Crippen molar-refractivity contribution in [2.75, 3.05) is 39.4 Å². The van der Waals surface area contributed by atoms with E-state index in [2.05, 4.69) is 9.88 Å². The Balaban J connectivity index is 1.21. The van der Waals surface area contributed by atoms with E-state index in [1.807, 2.05) is 17.0 Å². The maximum Gasteiger partial charge on any atom is 0.270 e. The van der Waals surface area contributed by atoms with Crippen molar-refractivity contribution in [2.24, 2.45) is 0 Å².